The molecule has 0 bridgehead atoms. The van der Waals surface area contributed by atoms with Crippen LogP contribution >= 0.6 is 0 Å². The molecule has 0 radical (unpaired) electrons. The van der Waals surface area contributed by atoms with E-state index < -0.39 is 32.8 Å². The molecular weight excluding hydrogens is 428 g/mol. The predicted molar refractivity (Wildman–Crippen MR) is 110 cm³/mol. The lowest BCUT2D eigenvalue weighted by Crippen LogP contribution is -2.33. The first kappa shape index (κ1) is 21.4. The van der Waals surface area contributed by atoms with Gasteiger partial charge in [0, 0.05) is 31.2 Å². The van der Waals surface area contributed by atoms with Crippen molar-refractivity contribution in [1.29, 1.82) is 0 Å². The highest BCUT2D eigenvalue weighted by atomic mass is 32.2. The molecule has 2 aromatic carbocycles. The number of carbonyl (C=O) groups excluding carboxylic acids is 1. The fourth-order valence-electron chi connectivity index (χ4n) is 3.39. The van der Waals surface area contributed by atoms with Gasteiger partial charge < -0.3 is 9.30 Å². The molecule has 1 amide bonds. The van der Waals surface area contributed by atoms with Gasteiger partial charge >= 0.3 is 0 Å². The van der Waals surface area contributed by atoms with Gasteiger partial charge in [-0.15, -0.1) is 0 Å². The van der Waals surface area contributed by atoms with Crippen molar-refractivity contribution in [1.82, 2.24) is 14.3 Å². The fourth-order valence-corrected chi connectivity index (χ4v) is 4.69. The number of carbonyl (C=O) groups is 1. The number of hydrogen-bond acceptors (Lipinski definition) is 5. The highest BCUT2D eigenvalue weighted by Gasteiger charge is 2.37. The largest absolute Gasteiger partial charge is 0.383 e. The summed E-state index contributed by atoms with van der Waals surface area (Å²) < 4.78 is 61.4. The summed E-state index contributed by atoms with van der Waals surface area (Å²) in [6.07, 6.45) is 0.997. The first-order valence-electron chi connectivity index (χ1n) is 9.77. The highest BCUT2D eigenvalue weighted by Crippen LogP contribution is 2.28. The Morgan fingerprint density at radius 2 is 1.94 bits per heavy atom. The van der Waals surface area contributed by atoms with Crippen molar-refractivity contribution in [2.75, 3.05) is 13.7 Å². The molecule has 164 valence electrons. The second-order valence-electron chi connectivity index (χ2n) is 7.43. The van der Waals surface area contributed by atoms with Crippen LogP contribution in [0, 0.1) is 11.6 Å². The molecule has 7 nitrogen and oxygen atoms in total. The third-order valence-corrected chi connectivity index (χ3v) is 7.02. The molecule has 4 rings (SSSR count). The molecule has 1 N–H and O–H groups in total. The third-order valence-electron chi connectivity index (χ3n) is 5.20. The second kappa shape index (κ2) is 8.35. The van der Waals surface area contributed by atoms with Crippen LogP contribution in [0.25, 0.3) is 11.0 Å². The smallest absolute Gasteiger partial charge is 0.264 e. The van der Waals surface area contributed by atoms with E-state index in [1.54, 1.807) is 10.6 Å². The van der Waals surface area contributed by atoms with E-state index in [0.717, 1.165) is 0 Å². The number of sulfonamides is 1. The van der Waals surface area contributed by atoms with Crippen LogP contribution in [0.2, 0.25) is 0 Å². The maximum absolute atomic E-state index is 14.2. The normalized spacial score (nSPS) is 14.2. The summed E-state index contributed by atoms with van der Waals surface area (Å²) in [7, 11) is -2.16. The number of nitrogens with one attached hydrogen (secondary N) is 1. The molecule has 1 heterocycles. The third kappa shape index (κ3) is 4.45. The van der Waals surface area contributed by atoms with Gasteiger partial charge in [-0.1, -0.05) is 6.07 Å². The van der Waals surface area contributed by atoms with Crippen molar-refractivity contribution < 1.29 is 26.7 Å². The van der Waals surface area contributed by atoms with Crippen molar-refractivity contribution >= 4 is 27.0 Å². The average Bonchev–Trinajstić information content (AvgIpc) is 3.53. The van der Waals surface area contributed by atoms with E-state index in [2.05, 4.69) is 9.71 Å². The van der Waals surface area contributed by atoms with Crippen molar-refractivity contribution in [2.45, 2.75) is 31.1 Å². The Balaban J connectivity index is 1.71. The molecule has 1 fully saturated rings. The van der Waals surface area contributed by atoms with Crippen molar-refractivity contribution in [2.24, 2.45) is 0 Å². The standard InChI is InChI=1S/C21H21F2N3O4S/c1-30-10-9-26-19-11-13(21(27)25-31(28,29)14-6-7-14)5-8-18(19)24-20(26)12-15-16(22)3-2-4-17(15)23/h2-5,8,11,14H,6-7,9-10,12H2,1H3,(H,25,27). The monoisotopic (exact) mass is 449 g/mol. The quantitative estimate of drug-likeness (QED) is 0.571. The SMILES string of the molecule is COCCn1c(Cc2c(F)cccc2F)nc2ccc(C(=O)NS(=O)(=O)C3CC3)cc21. The van der Waals surface area contributed by atoms with Gasteiger partial charge in [-0.25, -0.2) is 26.9 Å². The first-order chi connectivity index (χ1) is 14.8. The molecule has 0 aliphatic heterocycles. The Bertz CT molecular complexity index is 1230. The van der Waals surface area contributed by atoms with Crippen LogP contribution in [0.15, 0.2) is 36.4 Å². The number of rotatable bonds is 8. The van der Waals surface area contributed by atoms with E-state index in [-0.39, 0.29) is 17.5 Å². The molecule has 3 aromatic rings. The van der Waals surface area contributed by atoms with Gasteiger partial charge in [-0.2, -0.15) is 0 Å². The van der Waals surface area contributed by atoms with Gasteiger partial charge in [-0.05, 0) is 43.2 Å². The summed E-state index contributed by atoms with van der Waals surface area (Å²) >= 11 is 0. The zero-order chi connectivity index (χ0) is 22.2. The maximum Gasteiger partial charge on any atom is 0.264 e. The predicted octanol–water partition coefficient (Wildman–Crippen LogP) is 2.77. The summed E-state index contributed by atoms with van der Waals surface area (Å²) in [5.41, 5.74) is 1.11. The molecular formula is C21H21F2N3O4S. The zero-order valence-electron chi connectivity index (χ0n) is 16.8. The Labute approximate surface area is 178 Å². The van der Waals surface area contributed by atoms with Gasteiger partial charge in [-0.3, -0.25) is 4.79 Å². The molecule has 10 heteroatoms. The maximum atomic E-state index is 14.2. The molecule has 31 heavy (non-hydrogen) atoms. The summed E-state index contributed by atoms with van der Waals surface area (Å²) in [5.74, 6) is -1.67. The van der Waals surface area contributed by atoms with Crippen LogP contribution in [-0.4, -0.2) is 42.8 Å². The van der Waals surface area contributed by atoms with Gasteiger partial charge in [0.1, 0.15) is 17.5 Å². The minimum Gasteiger partial charge on any atom is -0.383 e. The number of aromatic nitrogens is 2. The summed E-state index contributed by atoms with van der Waals surface area (Å²) in [6.45, 7) is 0.647. The summed E-state index contributed by atoms with van der Waals surface area (Å²) in [5, 5.41) is -0.519. The molecule has 1 saturated carbocycles. The minimum absolute atomic E-state index is 0.0888. The van der Waals surface area contributed by atoms with Crippen molar-refractivity contribution in [3.63, 3.8) is 0 Å². The Morgan fingerprint density at radius 3 is 2.58 bits per heavy atom. The van der Waals surface area contributed by atoms with E-state index in [4.69, 9.17) is 4.74 Å². The molecule has 0 atom stereocenters. The van der Waals surface area contributed by atoms with E-state index in [1.165, 1.54) is 37.4 Å². The van der Waals surface area contributed by atoms with Gasteiger partial charge in [0.25, 0.3) is 5.91 Å². The second-order valence-corrected chi connectivity index (χ2v) is 9.39. The van der Waals surface area contributed by atoms with Crippen molar-refractivity contribution in [3.05, 3.63) is 65.0 Å². The van der Waals surface area contributed by atoms with E-state index in [9.17, 15) is 22.0 Å². The van der Waals surface area contributed by atoms with Crippen LogP contribution in [0.3, 0.4) is 0 Å². The van der Waals surface area contributed by atoms with Gasteiger partial charge in [0.2, 0.25) is 10.0 Å². The Kier molecular flexibility index (Phi) is 5.76. The van der Waals surface area contributed by atoms with Crippen LogP contribution in [0.4, 0.5) is 8.78 Å². The topological polar surface area (TPSA) is 90.3 Å². The van der Waals surface area contributed by atoms with E-state index in [0.29, 0.717) is 42.9 Å². The lowest BCUT2D eigenvalue weighted by molar-refractivity contribution is 0.0981. The van der Waals surface area contributed by atoms with Gasteiger partial charge in [0.15, 0.2) is 0 Å². The van der Waals surface area contributed by atoms with E-state index in [1.807, 2.05) is 0 Å². The zero-order valence-corrected chi connectivity index (χ0v) is 17.6. The number of benzene rings is 2. The molecule has 0 saturated heterocycles. The first-order valence-corrected chi connectivity index (χ1v) is 11.3. The number of methoxy groups -OCH3 is 1. The number of halogens is 2. The van der Waals surface area contributed by atoms with Crippen LogP contribution < -0.4 is 4.72 Å². The molecule has 1 aromatic heterocycles. The highest BCUT2D eigenvalue weighted by molar-refractivity contribution is 7.91. The van der Waals surface area contributed by atoms with Gasteiger partial charge in [0.05, 0.1) is 22.9 Å². The number of hydrogen-bond donors (Lipinski definition) is 1. The summed E-state index contributed by atoms with van der Waals surface area (Å²) in [6, 6.07) is 8.24. The Morgan fingerprint density at radius 1 is 1.23 bits per heavy atom. The number of ether oxygens (including phenoxy) is 1. The number of fused-ring (bicyclic) bond motifs is 1. The fraction of sp³-hybridized carbons (Fsp3) is 0.333. The lowest BCUT2D eigenvalue weighted by atomic mass is 10.1. The minimum atomic E-state index is -3.68. The number of amides is 1. The molecule has 1 aliphatic carbocycles. The molecule has 0 spiro atoms. The van der Waals surface area contributed by atoms with Crippen LogP contribution in [-0.2, 0) is 27.7 Å². The van der Waals surface area contributed by atoms with Crippen molar-refractivity contribution in [3.8, 4) is 0 Å². The molecule has 1 aliphatic rings. The Hall–Kier alpha value is -2.85. The molecule has 0 unspecified atom stereocenters. The summed E-state index contributed by atoms with van der Waals surface area (Å²) in [4.78, 5) is 17.0. The van der Waals surface area contributed by atoms with Crippen LogP contribution in [0.5, 0.6) is 0 Å². The van der Waals surface area contributed by atoms with E-state index >= 15 is 0 Å². The number of nitrogens with zero attached hydrogens (tertiary/aromatic N) is 2. The number of imidazole rings is 1. The lowest BCUT2D eigenvalue weighted by Gasteiger charge is -2.10. The average molecular weight is 449 g/mol. The van der Waals surface area contributed by atoms with Crippen LogP contribution in [0.1, 0.15) is 34.6 Å².